The fraction of sp³-hybridized carbons (Fsp3) is 0.762. The maximum absolute atomic E-state index is 11.8. The van der Waals surface area contributed by atoms with Gasteiger partial charge >= 0.3 is 0 Å². The number of carbonyl (C=O) groups excluding carboxylic acids is 1. The van der Waals surface area contributed by atoms with Gasteiger partial charge in [0, 0.05) is 11.3 Å². The van der Waals surface area contributed by atoms with Crippen LogP contribution >= 0.6 is 0 Å². The summed E-state index contributed by atoms with van der Waals surface area (Å²) in [7, 11) is 0. The number of fused-ring (bicyclic) bond motifs is 5. The molecule has 4 aliphatic carbocycles. The lowest BCUT2D eigenvalue weighted by Gasteiger charge is -2.58. The molecule has 3 fully saturated rings. The van der Waals surface area contributed by atoms with Crippen molar-refractivity contribution in [2.24, 2.45) is 34.5 Å². The van der Waals surface area contributed by atoms with E-state index in [-0.39, 0.29) is 17.3 Å². The van der Waals surface area contributed by atoms with Gasteiger partial charge in [-0.25, -0.2) is 0 Å². The summed E-state index contributed by atoms with van der Waals surface area (Å²) in [6.07, 6.45) is 12.5. The summed E-state index contributed by atoms with van der Waals surface area (Å²) in [6, 6.07) is 0. The topological polar surface area (TPSA) is 37.3 Å². The molecule has 2 heteroatoms. The van der Waals surface area contributed by atoms with Crippen molar-refractivity contribution < 1.29 is 9.90 Å². The lowest BCUT2D eigenvalue weighted by molar-refractivity contribution is -0.118. The van der Waals surface area contributed by atoms with Crippen LogP contribution in [0.5, 0.6) is 0 Å². The third-order valence-electron chi connectivity index (χ3n) is 8.18. The molecular formula is C21H30O2. The molecule has 3 saturated carbocycles. The molecule has 0 bridgehead atoms. The highest BCUT2D eigenvalue weighted by Gasteiger charge is 2.60. The van der Waals surface area contributed by atoms with Gasteiger partial charge in [0.25, 0.3) is 0 Å². The van der Waals surface area contributed by atoms with Gasteiger partial charge in [-0.15, -0.1) is 0 Å². The van der Waals surface area contributed by atoms with Crippen molar-refractivity contribution in [2.45, 2.75) is 65.4 Å². The van der Waals surface area contributed by atoms with E-state index in [9.17, 15) is 9.90 Å². The van der Waals surface area contributed by atoms with Gasteiger partial charge < -0.3 is 5.11 Å². The first-order valence-electron chi connectivity index (χ1n) is 9.52. The SMILES string of the molecule is CC[C@H]1CC[C@H]2[C@@H]3CCC4=CC(=O)C=C[C@]4(C)C3[C@@H](O)C[C@]12C. The molecule has 1 N–H and O–H groups in total. The molecule has 126 valence electrons. The van der Waals surface area contributed by atoms with Crippen LogP contribution in [0.2, 0.25) is 0 Å². The summed E-state index contributed by atoms with van der Waals surface area (Å²) in [5.41, 5.74) is 1.47. The number of aliphatic hydroxyl groups excluding tert-OH is 1. The van der Waals surface area contributed by atoms with Crippen LogP contribution in [-0.2, 0) is 4.79 Å². The van der Waals surface area contributed by atoms with E-state index in [1.165, 1.54) is 24.8 Å². The summed E-state index contributed by atoms with van der Waals surface area (Å²) in [4.78, 5) is 11.8. The van der Waals surface area contributed by atoms with Gasteiger partial charge in [0.1, 0.15) is 0 Å². The van der Waals surface area contributed by atoms with Crippen molar-refractivity contribution >= 4 is 5.78 Å². The molecule has 4 aliphatic rings. The van der Waals surface area contributed by atoms with Crippen molar-refractivity contribution in [1.29, 1.82) is 0 Å². The Kier molecular flexibility index (Phi) is 3.43. The molecule has 0 aromatic carbocycles. The number of ketones is 1. The van der Waals surface area contributed by atoms with Crippen molar-refractivity contribution in [3.05, 3.63) is 23.8 Å². The minimum atomic E-state index is -0.236. The van der Waals surface area contributed by atoms with E-state index < -0.39 is 0 Å². The van der Waals surface area contributed by atoms with Gasteiger partial charge in [0.2, 0.25) is 0 Å². The lowest BCUT2D eigenvalue weighted by atomic mass is 9.47. The Labute approximate surface area is 140 Å². The Balaban J connectivity index is 1.73. The maximum Gasteiger partial charge on any atom is 0.178 e. The van der Waals surface area contributed by atoms with Crippen molar-refractivity contribution in [3.8, 4) is 0 Å². The van der Waals surface area contributed by atoms with Gasteiger partial charge in [-0.1, -0.05) is 38.8 Å². The number of aliphatic hydroxyl groups is 1. The molecule has 0 amide bonds. The molecule has 0 heterocycles. The molecule has 2 nitrogen and oxygen atoms in total. The summed E-state index contributed by atoms with van der Waals surface area (Å²) < 4.78 is 0. The summed E-state index contributed by atoms with van der Waals surface area (Å²) in [5, 5.41) is 11.2. The minimum absolute atomic E-state index is 0.109. The Morgan fingerprint density at radius 3 is 2.78 bits per heavy atom. The molecule has 0 aromatic rings. The second-order valence-corrected chi connectivity index (χ2v) is 8.98. The van der Waals surface area contributed by atoms with Crippen LogP contribution in [0.25, 0.3) is 0 Å². The molecule has 23 heavy (non-hydrogen) atoms. The van der Waals surface area contributed by atoms with E-state index in [0.717, 1.165) is 31.1 Å². The minimum Gasteiger partial charge on any atom is -0.393 e. The van der Waals surface area contributed by atoms with Crippen molar-refractivity contribution in [2.75, 3.05) is 0 Å². The van der Waals surface area contributed by atoms with Crippen LogP contribution in [0.3, 0.4) is 0 Å². The summed E-state index contributed by atoms with van der Waals surface area (Å²) >= 11 is 0. The predicted molar refractivity (Wildman–Crippen MR) is 91.8 cm³/mol. The monoisotopic (exact) mass is 314 g/mol. The number of rotatable bonds is 1. The third kappa shape index (κ3) is 2.00. The zero-order valence-corrected chi connectivity index (χ0v) is 14.7. The zero-order chi connectivity index (χ0) is 16.4. The largest absolute Gasteiger partial charge is 0.393 e. The standard InChI is InChI=1S/C21H30O2/c1-4-13-6-8-17-16-7-5-14-11-15(22)9-10-20(14,2)19(16)18(23)12-21(13,17)3/h9-11,13,16-19,23H,4-8,12H2,1-3H3/t13-,16-,17-,18-,19?,20-,21+/m0/s1. The molecule has 7 atom stereocenters. The van der Waals surface area contributed by atoms with E-state index in [1.807, 2.05) is 6.08 Å². The number of allylic oxidation sites excluding steroid dienone is 4. The van der Waals surface area contributed by atoms with Gasteiger partial charge in [-0.05, 0) is 67.4 Å². The fourth-order valence-corrected chi connectivity index (χ4v) is 7.10. The quantitative estimate of drug-likeness (QED) is 0.784. The van der Waals surface area contributed by atoms with Crippen LogP contribution in [-0.4, -0.2) is 17.0 Å². The number of hydrogen-bond acceptors (Lipinski definition) is 2. The highest BCUT2D eigenvalue weighted by atomic mass is 16.3. The van der Waals surface area contributed by atoms with Crippen LogP contribution in [0.15, 0.2) is 23.8 Å². The Hall–Kier alpha value is -0.890. The van der Waals surface area contributed by atoms with E-state index >= 15 is 0 Å². The third-order valence-corrected chi connectivity index (χ3v) is 8.18. The lowest BCUT2D eigenvalue weighted by Crippen LogP contribution is -2.55. The highest BCUT2D eigenvalue weighted by molar-refractivity contribution is 6.01. The Morgan fingerprint density at radius 2 is 2.04 bits per heavy atom. The van der Waals surface area contributed by atoms with Crippen LogP contribution in [0.1, 0.15) is 59.3 Å². The molecule has 0 aliphatic heterocycles. The second-order valence-electron chi connectivity index (χ2n) is 8.98. The van der Waals surface area contributed by atoms with E-state index in [2.05, 4.69) is 26.8 Å². The predicted octanol–water partition coefficient (Wildman–Crippen LogP) is 4.29. The average molecular weight is 314 g/mol. The fourth-order valence-electron chi connectivity index (χ4n) is 7.10. The highest BCUT2D eigenvalue weighted by Crippen LogP contribution is 2.66. The van der Waals surface area contributed by atoms with Crippen LogP contribution in [0.4, 0.5) is 0 Å². The first kappa shape index (κ1) is 15.6. The van der Waals surface area contributed by atoms with Crippen LogP contribution in [0, 0.1) is 34.5 Å². The number of carbonyl (C=O) groups is 1. The van der Waals surface area contributed by atoms with Crippen LogP contribution < -0.4 is 0 Å². The zero-order valence-electron chi connectivity index (χ0n) is 14.7. The second kappa shape index (κ2) is 5.05. The molecule has 4 rings (SSSR count). The van der Waals surface area contributed by atoms with Gasteiger partial charge in [0.15, 0.2) is 5.78 Å². The maximum atomic E-state index is 11.8. The van der Waals surface area contributed by atoms with E-state index in [4.69, 9.17) is 0 Å². The molecular weight excluding hydrogens is 284 g/mol. The average Bonchev–Trinajstić information content (AvgIpc) is 2.83. The molecule has 0 spiro atoms. The summed E-state index contributed by atoms with van der Waals surface area (Å²) in [6.45, 7) is 7.03. The Bertz CT molecular complexity index is 589. The smallest absolute Gasteiger partial charge is 0.178 e. The van der Waals surface area contributed by atoms with E-state index in [1.54, 1.807) is 6.08 Å². The molecule has 0 radical (unpaired) electrons. The first-order valence-corrected chi connectivity index (χ1v) is 9.52. The van der Waals surface area contributed by atoms with Gasteiger partial charge in [-0.2, -0.15) is 0 Å². The number of hydrogen-bond donors (Lipinski definition) is 1. The molecule has 1 unspecified atom stereocenters. The van der Waals surface area contributed by atoms with Gasteiger partial charge in [-0.3, -0.25) is 4.79 Å². The normalized spacial score (nSPS) is 51.7. The van der Waals surface area contributed by atoms with E-state index in [0.29, 0.717) is 17.3 Å². The Morgan fingerprint density at radius 1 is 1.26 bits per heavy atom. The summed E-state index contributed by atoms with van der Waals surface area (Å²) in [5.74, 6) is 2.56. The molecule has 0 aromatic heterocycles. The first-order chi connectivity index (χ1) is 10.9. The molecule has 0 saturated heterocycles. The van der Waals surface area contributed by atoms with Crippen molar-refractivity contribution in [1.82, 2.24) is 0 Å². The van der Waals surface area contributed by atoms with Crippen molar-refractivity contribution in [3.63, 3.8) is 0 Å². The van der Waals surface area contributed by atoms with Gasteiger partial charge in [0.05, 0.1) is 6.10 Å².